The molecule has 0 radical (unpaired) electrons. The second kappa shape index (κ2) is 6.66. The molecule has 1 aliphatic heterocycles. The molecule has 23 heavy (non-hydrogen) atoms. The molecular weight excluding hydrogens is 312 g/mol. The van der Waals surface area contributed by atoms with Gasteiger partial charge in [0, 0.05) is 21.8 Å². The summed E-state index contributed by atoms with van der Waals surface area (Å²) >= 11 is 1.59. The number of nitrogens with zero attached hydrogens (tertiary/aromatic N) is 1. The number of carbonyl (C=O) groups is 2. The highest BCUT2D eigenvalue weighted by molar-refractivity contribution is 7.10. The minimum absolute atomic E-state index is 0.147. The van der Waals surface area contributed by atoms with Crippen molar-refractivity contribution < 1.29 is 14.3 Å². The number of benzene rings is 1. The average molecular weight is 328 g/mol. The van der Waals surface area contributed by atoms with Crippen molar-refractivity contribution >= 4 is 40.8 Å². The zero-order valence-corrected chi connectivity index (χ0v) is 13.4. The first-order valence-electron chi connectivity index (χ1n) is 7.21. The second-order valence-electron chi connectivity index (χ2n) is 5.11. The van der Waals surface area contributed by atoms with E-state index in [0.29, 0.717) is 24.4 Å². The molecule has 0 aliphatic carbocycles. The Morgan fingerprint density at radius 2 is 2.09 bits per heavy atom. The van der Waals surface area contributed by atoms with E-state index in [4.69, 9.17) is 4.74 Å². The molecule has 1 fully saturated rings. The number of cyclic esters (lactones) is 1. The Hall–Kier alpha value is -2.60. The average Bonchev–Trinajstić information content (AvgIpc) is 3.19. The maximum absolute atomic E-state index is 12.2. The lowest BCUT2D eigenvalue weighted by molar-refractivity contribution is -0.112. The van der Waals surface area contributed by atoms with Gasteiger partial charge in [-0.3, -0.25) is 9.69 Å². The van der Waals surface area contributed by atoms with Crippen LogP contribution in [0.5, 0.6) is 0 Å². The van der Waals surface area contributed by atoms with Gasteiger partial charge in [0.15, 0.2) is 0 Å². The molecule has 118 valence electrons. The number of amides is 2. The highest BCUT2D eigenvalue weighted by Crippen LogP contribution is 2.21. The number of hydrogen-bond donors (Lipinski definition) is 1. The van der Waals surface area contributed by atoms with Crippen molar-refractivity contribution in [1.82, 2.24) is 0 Å². The Kier molecular flexibility index (Phi) is 4.43. The van der Waals surface area contributed by atoms with Crippen molar-refractivity contribution in [3.8, 4) is 0 Å². The summed E-state index contributed by atoms with van der Waals surface area (Å²) in [5.41, 5.74) is 2.08. The predicted octanol–water partition coefficient (Wildman–Crippen LogP) is 3.75. The van der Waals surface area contributed by atoms with Crippen LogP contribution in [0.3, 0.4) is 0 Å². The van der Waals surface area contributed by atoms with E-state index in [0.717, 1.165) is 10.6 Å². The maximum atomic E-state index is 12.2. The Labute approximate surface area is 138 Å². The lowest BCUT2D eigenvalue weighted by Gasteiger charge is -2.13. The molecule has 2 amide bonds. The van der Waals surface area contributed by atoms with Gasteiger partial charge in [-0.1, -0.05) is 6.07 Å². The van der Waals surface area contributed by atoms with Gasteiger partial charge in [-0.2, -0.15) is 0 Å². The number of anilines is 2. The number of hydrogen-bond acceptors (Lipinski definition) is 4. The van der Waals surface area contributed by atoms with Crippen molar-refractivity contribution in [2.75, 3.05) is 23.4 Å². The molecule has 0 unspecified atom stereocenters. The molecule has 0 spiro atoms. The molecule has 1 N–H and O–H groups in total. The highest BCUT2D eigenvalue weighted by atomic mass is 32.1. The van der Waals surface area contributed by atoms with E-state index in [-0.39, 0.29) is 12.0 Å². The third-order valence-electron chi connectivity index (χ3n) is 3.46. The largest absolute Gasteiger partial charge is 0.447 e. The van der Waals surface area contributed by atoms with E-state index in [1.165, 1.54) is 0 Å². The minimum atomic E-state index is -0.337. The van der Waals surface area contributed by atoms with Crippen LogP contribution in [0.4, 0.5) is 16.2 Å². The van der Waals surface area contributed by atoms with E-state index in [2.05, 4.69) is 5.32 Å². The number of carbonyl (C=O) groups excluding carboxylic acids is 2. The van der Waals surface area contributed by atoms with E-state index in [9.17, 15) is 9.59 Å². The fraction of sp³-hybridized carbons (Fsp3) is 0.176. The van der Waals surface area contributed by atoms with Crippen LogP contribution in [0, 0.1) is 0 Å². The molecule has 0 bridgehead atoms. The van der Waals surface area contributed by atoms with Crippen LogP contribution in [-0.2, 0) is 9.53 Å². The van der Waals surface area contributed by atoms with Gasteiger partial charge >= 0.3 is 6.09 Å². The number of ether oxygens (including phenoxy) is 1. The Bertz CT molecular complexity index is 736. The molecule has 3 rings (SSSR count). The molecule has 1 aromatic carbocycles. The Morgan fingerprint density at radius 1 is 1.30 bits per heavy atom. The van der Waals surface area contributed by atoms with Crippen LogP contribution in [0.25, 0.3) is 6.08 Å². The second-order valence-corrected chi connectivity index (χ2v) is 6.09. The van der Waals surface area contributed by atoms with E-state index >= 15 is 0 Å². The summed E-state index contributed by atoms with van der Waals surface area (Å²) in [7, 11) is 0. The summed E-state index contributed by atoms with van der Waals surface area (Å²) in [6.07, 6.45) is 1.52. The van der Waals surface area contributed by atoms with E-state index < -0.39 is 0 Å². The summed E-state index contributed by atoms with van der Waals surface area (Å²) in [6.45, 7) is 2.74. The normalized spacial score (nSPS) is 14.7. The third-order valence-corrected chi connectivity index (χ3v) is 4.28. The molecule has 6 heteroatoms. The van der Waals surface area contributed by atoms with Gasteiger partial charge in [0.05, 0.1) is 6.54 Å². The van der Waals surface area contributed by atoms with Crippen molar-refractivity contribution in [2.45, 2.75) is 6.92 Å². The summed E-state index contributed by atoms with van der Waals surface area (Å²) in [5, 5.41) is 4.82. The molecule has 2 aromatic rings. The predicted molar refractivity (Wildman–Crippen MR) is 91.7 cm³/mol. The van der Waals surface area contributed by atoms with Crippen molar-refractivity contribution in [1.29, 1.82) is 0 Å². The Balaban J connectivity index is 1.66. The quantitative estimate of drug-likeness (QED) is 0.870. The van der Waals surface area contributed by atoms with Gasteiger partial charge in [0.1, 0.15) is 6.61 Å². The fourth-order valence-electron chi connectivity index (χ4n) is 2.23. The molecular formula is C17H16N2O3S. The molecule has 1 aromatic heterocycles. The topological polar surface area (TPSA) is 58.6 Å². The molecule has 1 aliphatic rings. The van der Waals surface area contributed by atoms with Gasteiger partial charge in [-0.05, 0) is 48.7 Å². The van der Waals surface area contributed by atoms with Crippen LogP contribution >= 0.6 is 11.3 Å². The molecule has 5 nitrogen and oxygen atoms in total. The molecule has 0 atom stereocenters. The first-order valence-corrected chi connectivity index (χ1v) is 8.09. The first-order chi connectivity index (χ1) is 11.1. The summed E-state index contributed by atoms with van der Waals surface area (Å²) in [6, 6.07) is 11.0. The number of thiophene rings is 1. The van der Waals surface area contributed by atoms with E-state index in [1.54, 1.807) is 47.4 Å². The van der Waals surface area contributed by atoms with Gasteiger partial charge in [0.2, 0.25) is 0 Å². The third kappa shape index (κ3) is 3.60. The van der Waals surface area contributed by atoms with Gasteiger partial charge in [0.25, 0.3) is 5.91 Å². The fourth-order valence-corrected chi connectivity index (χ4v) is 2.95. The number of rotatable bonds is 4. The molecule has 1 saturated heterocycles. The summed E-state index contributed by atoms with van der Waals surface area (Å²) in [4.78, 5) is 26.3. The lowest BCUT2D eigenvalue weighted by Crippen LogP contribution is -2.23. The van der Waals surface area contributed by atoms with Crippen LogP contribution in [0.2, 0.25) is 0 Å². The Morgan fingerprint density at radius 3 is 2.70 bits per heavy atom. The monoisotopic (exact) mass is 328 g/mol. The SMILES string of the molecule is C/C(=C\c1cccs1)C(=O)Nc1ccc(N2CCOC2=O)cc1. The van der Waals surface area contributed by atoms with Crippen molar-refractivity contribution in [3.63, 3.8) is 0 Å². The van der Waals surface area contributed by atoms with Crippen LogP contribution in [0.15, 0.2) is 47.4 Å². The van der Waals surface area contributed by atoms with E-state index in [1.807, 2.05) is 23.6 Å². The summed E-state index contributed by atoms with van der Waals surface area (Å²) < 4.78 is 4.91. The molecule has 2 heterocycles. The first kappa shape index (κ1) is 15.3. The zero-order valence-electron chi connectivity index (χ0n) is 12.6. The van der Waals surface area contributed by atoms with Crippen LogP contribution < -0.4 is 10.2 Å². The van der Waals surface area contributed by atoms with Gasteiger partial charge in [-0.15, -0.1) is 11.3 Å². The molecule has 0 saturated carbocycles. The highest BCUT2D eigenvalue weighted by Gasteiger charge is 2.23. The van der Waals surface area contributed by atoms with Gasteiger partial charge < -0.3 is 10.1 Å². The van der Waals surface area contributed by atoms with Gasteiger partial charge in [-0.25, -0.2) is 4.79 Å². The smallest absolute Gasteiger partial charge is 0.414 e. The number of nitrogens with one attached hydrogen (secondary N) is 1. The maximum Gasteiger partial charge on any atom is 0.414 e. The van der Waals surface area contributed by atoms with Crippen molar-refractivity contribution in [2.24, 2.45) is 0 Å². The summed E-state index contributed by atoms with van der Waals surface area (Å²) in [5.74, 6) is -0.147. The van der Waals surface area contributed by atoms with Crippen molar-refractivity contribution in [3.05, 3.63) is 52.2 Å². The lowest BCUT2D eigenvalue weighted by atomic mass is 10.2. The van der Waals surface area contributed by atoms with Crippen LogP contribution in [0.1, 0.15) is 11.8 Å². The minimum Gasteiger partial charge on any atom is -0.447 e. The van der Waals surface area contributed by atoms with Crippen LogP contribution in [-0.4, -0.2) is 25.2 Å². The standard InChI is InChI=1S/C17H16N2O3S/c1-12(11-15-3-2-10-23-15)16(20)18-13-4-6-14(7-5-13)19-8-9-22-17(19)21/h2-7,10-11H,8-9H2,1H3,(H,18,20)/b12-11+. The zero-order chi connectivity index (χ0) is 16.2.